The topological polar surface area (TPSA) is 40.5 Å². The lowest BCUT2D eigenvalue weighted by Gasteiger charge is -2.34. The van der Waals surface area contributed by atoms with Crippen molar-refractivity contribution in [1.82, 2.24) is 4.90 Å². The zero-order valence-corrected chi connectivity index (χ0v) is 12.6. The average Bonchev–Trinajstić information content (AvgIpc) is 2.34. The minimum absolute atomic E-state index is 0.0722. The molecule has 0 saturated carbocycles. The second kappa shape index (κ2) is 6.84. The minimum atomic E-state index is -0.750. The van der Waals surface area contributed by atoms with Gasteiger partial charge in [0, 0.05) is 40.7 Å². The number of rotatable bonds is 4. The highest BCUT2D eigenvalue weighted by atomic mass is 35.5. The predicted octanol–water partition coefficient (Wildman–Crippen LogP) is 3.39. The van der Waals surface area contributed by atoms with Crippen LogP contribution in [0.2, 0.25) is 10.0 Å². The van der Waals surface area contributed by atoms with E-state index in [1.807, 2.05) is 12.1 Å². The van der Waals surface area contributed by atoms with Crippen molar-refractivity contribution < 1.29 is 9.90 Å². The van der Waals surface area contributed by atoms with Crippen molar-refractivity contribution in [2.24, 2.45) is 0 Å². The summed E-state index contributed by atoms with van der Waals surface area (Å²) in [6.07, 6.45) is 0.179. The van der Waals surface area contributed by atoms with Gasteiger partial charge in [0.1, 0.15) is 0 Å². The van der Waals surface area contributed by atoms with Gasteiger partial charge in [-0.25, -0.2) is 0 Å². The van der Waals surface area contributed by atoms with E-state index in [-0.39, 0.29) is 12.5 Å². The summed E-state index contributed by atoms with van der Waals surface area (Å²) in [7, 11) is 0. The van der Waals surface area contributed by atoms with E-state index in [4.69, 9.17) is 28.3 Å². The summed E-state index contributed by atoms with van der Waals surface area (Å²) in [6.45, 7) is 1.57. The summed E-state index contributed by atoms with van der Waals surface area (Å²) in [5.74, 6) is 1.14. The van der Waals surface area contributed by atoms with Gasteiger partial charge in [-0.1, -0.05) is 29.3 Å². The van der Waals surface area contributed by atoms with Crippen molar-refractivity contribution in [1.29, 1.82) is 0 Å². The van der Waals surface area contributed by atoms with E-state index in [0.29, 0.717) is 16.6 Å². The third kappa shape index (κ3) is 4.28. The number of hydrogen-bond donors (Lipinski definition) is 1. The minimum Gasteiger partial charge on any atom is -0.481 e. The van der Waals surface area contributed by atoms with E-state index in [1.165, 1.54) is 0 Å². The molecule has 0 amide bonds. The second-order valence-electron chi connectivity index (χ2n) is 4.53. The molecule has 0 spiro atoms. The van der Waals surface area contributed by atoms with Crippen molar-refractivity contribution in [3.8, 4) is 0 Å². The molecule has 1 N–H and O–H groups in total. The van der Waals surface area contributed by atoms with E-state index in [9.17, 15) is 4.79 Å². The standard InChI is InChI=1S/C13H15Cl2NO2S/c14-10-2-1-9(12(15)5-10)7-16-3-4-19-8-11(16)6-13(17)18/h1-2,5,11H,3-4,6-8H2,(H,17,18). The molecule has 1 heterocycles. The Labute approximate surface area is 126 Å². The van der Waals surface area contributed by atoms with Gasteiger partial charge in [0.15, 0.2) is 0 Å². The largest absolute Gasteiger partial charge is 0.481 e. The van der Waals surface area contributed by atoms with Crippen LogP contribution in [0, 0.1) is 0 Å². The molecule has 1 aromatic rings. The van der Waals surface area contributed by atoms with Gasteiger partial charge >= 0.3 is 5.97 Å². The maximum absolute atomic E-state index is 10.9. The summed E-state index contributed by atoms with van der Waals surface area (Å²) in [5, 5.41) is 10.2. The summed E-state index contributed by atoms with van der Waals surface area (Å²) in [6, 6.07) is 5.52. The smallest absolute Gasteiger partial charge is 0.304 e. The number of carbonyl (C=O) groups is 1. The van der Waals surface area contributed by atoms with Crippen LogP contribution in [0.15, 0.2) is 18.2 Å². The molecule has 1 aromatic carbocycles. The summed E-state index contributed by atoms with van der Waals surface area (Å²) >= 11 is 13.9. The molecule has 0 aromatic heterocycles. The third-order valence-electron chi connectivity index (χ3n) is 3.15. The maximum atomic E-state index is 10.9. The number of hydrogen-bond acceptors (Lipinski definition) is 3. The fraction of sp³-hybridized carbons (Fsp3) is 0.462. The van der Waals surface area contributed by atoms with E-state index in [2.05, 4.69) is 4.90 Å². The predicted molar refractivity (Wildman–Crippen MR) is 80.2 cm³/mol. The van der Waals surface area contributed by atoms with Crippen molar-refractivity contribution in [2.45, 2.75) is 19.0 Å². The molecule has 1 atom stereocenters. The SMILES string of the molecule is O=C(O)CC1CSCCN1Cc1ccc(Cl)cc1Cl. The Morgan fingerprint density at radius 2 is 2.26 bits per heavy atom. The molecule has 6 heteroatoms. The molecular weight excluding hydrogens is 305 g/mol. The first kappa shape index (κ1) is 15.0. The van der Waals surface area contributed by atoms with Gasteiger partial charge < -0.3 is 5.11 Å². The monoisotopic (exact) mass is 319 g/mol. The van der Waals surface area contributed by atoms with Crippen LogP contribution in [0.4, 0.5) is 0 Å². The first-order valence-electron chi connectivity index (χ1n) is 6.04. The van der Waals surface area contributed by atoms with E-state index in [1.54, 1.807) is 17.8 Å². The average molecular weight is 320 g/mol. The van der Waals surface area contributed by atoms with Gasteiger partial charge in [0.05, 0.1) is 6.42 Å². The van der Waals surface area contributed by atoms with Crippen LogP contribution in [-0.4, -0.2) is 40.1 Å². The Bertz CT molecular complexity index is 470. The highest BCUT2D eigenvalue weighted by Crippen LogP contribution is 2.26. The molecule has 0 radical (unpaired) electrons. The molecule has 0 bridgehead atoms. The molecule has 0 aliphatic carbocycles. The van der Waals surface area contributed by atoms with E-state index in [0.717, 1.165) is 23.6 Å². The van der Waals surface area contributed by atoms with Crippen molar-refractivity contribution >= 4 is 40.9 Å². The molecule has 1 saturated heterocycles. The maximum Gasteiger partial charge on any atom is 0.304 e. The van der Waals surface area contributed by atoms with Gasteiger partial charge in [0.2, 0.25) is 0 Å². The summed E-state index contributed by atoms with van der Waals surface area (Å²) < 4.78 is 0. The van der Waals surface area contributed by atoms with Crippen molar-refractivity contribution in [3.63, 3.8) is 0 Å². The normalized spacial score (nSPS) is 20.4. The summed E-state index contributed by atoms with van der Waals surface area (Å²) in [5.41, 5.74) is 0.994. The van der Waals surface area contributed by atoms with Gasteiger partial charge in [0.25, 0.3) is 0 Å². The Balaban J connectivity index is 2.08. The highest BCUT2D eigenvalue weighted by molar-refractivity contribution is 7.99. The van der Waals surface area contributed by atoms with Crippen molar-refractivity contribution in [3.05, 3.63) is 33.8 Å². The lowest BCUT2D eigenvalue weighted by atomic mass is 10.1. The van der Waals surface area contributed by atoms with Gasteiger partial charge in [-0.15, -0.1) is 0 Å². The molecule has 19 heavy (non-hydrogen) atoms. The molecular formula is C13H15Cl2NO2S. The van der Waals surface area contributed by atoms with Crippen LogP contribution in [0.5, 0.6) is 0 Å². The molecule has 2 rings (SSSR count). The zero-order chi connectivity index (χ0) is 13.8. The van der Waals surface area contributed by atoms with Crippen LogP contribution in [-0.2, 0) is 11.3 Å². The number of carboxylic acids is 1. The van der Waals surface area contributed by atoms with E-state index >= 15 is 0 Å². The molecule has 1 unspecified atom stereocenters. The Kier molecular flexibility index (Phi) is 5.39. The van der Waals surface area contributed by atoms with Crippen molar-refractivity contribution in [2.75, 3.05) is 18.1 Å². The molecule has 1 fully saturated rings. The molecule has 3 nitrogen and oxygen atoms in total. The van der Waals surface area contributed by atoms with Gasteiger partial charge in [-0.3, -0.25) is 9.69 Å². The third-order valence-corrected chi connectivity index (χ3v) is 4.83. The fourth-order valence-electron chi connectivity index (χ4n) is 2.16. The Morgan fingerprint density at radius 1 is 1.47 bits per heavy atom. The van der Waals surface area contributed by atoms with Crippen LogP contribution >= 0.6 is 35.0 Å². The lowest BCUT2D eigenvalue weighted by molar-refractivity contribution is -0.138. The fourth-order valence-corrected chi connectivity index (χ4v) is 3.75. The Hall–Kier alpha value is -0.420. The number of thioether (sulfide) groups is 1. The molecule has 104 valence electrons. The van der Waals surface area contributed by atoms with E-state index < -0.39 is 5.97 Å². The van der Waals surface area contributed by atoms with Gasteiger partial charge in [-0.05, 0) is 17.7 Å². The zero-order valence-electron chi connectivity index (χ0n) is 10.3. The molecule has 1 aliphatic heterocycles. The van der Waals surface area contributed by atoms with Crippen LogP contribution in [0.1, 0.15) is 12.0 Å². The number of halogens is 2. The van der Waals surface area contributed by atoms with Gasteiger partial charge in [-0.2, -0.15) is 11.8 Å². The van der Waals surface area contributed by atoms with Crippen LogP contribution in [0.25, 0.3) is 0 Å². The first-order chi connectivity index (χ1) is 9.06. The number of benzene rings is 1. The first-order valence-corrected chi connectivity index (χ1v) is 7.95. The van der Waals surface area contributed by atoms with Crippen LogP contribution in [0.3, 0.4) is 0 Å². The number of carboxylic acid groups (broad SMARTS) is 1. The summed E-state index contributed by atoms with van der Waals surface area (Å²) in [4.78, 5) is 13.1. The number of aliphatic carboxylic acids is 1. The van der Waals surface area contributed by atoms with Crippen LogP contribution < -0.4 is 0 Å². The number of nitrogens with zero attached hydrogens (tertiary/aromatic N) is 1. The Morgan fingerprint density at radius 3 is 2.95 bits per heavy atom. The lowest BCUT2D eigenvalue weighted by Crippen LogP contribution is -2.43. The highest BCUT2D eigenvalue weighted by Gasteiger charge is 2.25. The second-order valence-corrected chi connectivity index (χ2v) is 6.53. The quantitative estimate of drug-likeness (QED) is 0.923. The molecule has 1 aliphatic rings.